The molecule has 0 bridgehead atoms. The highest BCUT2D eigenvalue weighted by atomic mass is 79.9. The van der Waals surface area contributed by atoms with Crippen LogP contribution in [0.1, 0.15) is 15.9 Å². The van der Waals surface area contributed by atoms with Gasteiger partial charge in [-0.1, -0.05) is 28.1 Å². The van der Waals surface area contributed by atoms with E-state index in [-0.39, 0.29) is 5.78 Å². The number of carbonyl (C=O) groups is 1. The molecule has 5 rings (SSSR count). The summed E-state index contributed by atoms with van der Waals surface area (Å²) in [5.41, 5.74) is 4.98. The largest absolute Gasteiger partial charge is 0.370 e. The Kier molecular flexibility index (Phi) is 2.80. The van der Waals surface area contributed by atoms with Gasteiger partial charge in [0.1, 0.15) is 0 Å². The molecular formula is C19H17BrN2O. The van der Waals surface area contributed by atoms with Crippen molar-refractivity contribution in [2.45, 2.75) is 6.04 Å². The molecule has 2 aliphatic heterocycles. The third kappa shape index (κ3) is 1.88. The molecule has 0 unspecified atom stereocenters. The summed E-state index contributed by atoms with van der Waals surface area (Å²) in [5, 5.41) is 0. The molecule has 3 aliphatic rings. The summed E-state index contributed by atoms with van der Waals surface area (Å²) in [5.74, 6) is 0.939. The lowest BCUT2D eigenvalue weighted by molar-refractivity contribution is 0.0827. The van der Waals surface area contributed by atoms with Gasteiger partial charge in [-0.25, -0.2) is 0 Å². The first-order valence-electron chi connectivity index (χ1n) is 8.05. The smallest absolute Gasteiger partial charge is 0.194 e. The van der Waals surface area contributed by atoms with E-state index in [9.17, 15) is 4.79 Å². The van der Waals surface area contributed by atoms with Crippen molar-refractivity contribution in [1.29, 1.82) is 0 Å². The molecule has 3 nitrogen and oxygen atoms in total. The number of anilines is 1. The summed E-state index contributed by atoms with van der Waals surface area (Å²) in [7, 11) is 2.20. The van der Waals surface area contributed by atoms with Gasteiger partial charge in [-0.05, 0) is 42.4 Å². The van der Waals surface area contributed by atoms with Gasteiger partial charge in [0.05, 0.1) is 0 Å². The molecule has 2 aromatic rings. The predicted molar refractivity (Wildman–Crippen MR) is 95.1 cm³/mol. The van der Waals surface area contributed by atoms with Crippen LogP contribution in [0.5, 0.6) is 0 Å². The van der Waals surface area contributed by atoms with Crippen molar-refractivity contribution in [3.63, 3.8) is 0 Å². The van der Waals surface area contributed by atoms with Crippen LogP contribution in [0.2, 0.25) is 0 Å². The number of carbonyl (C=O) groups excluding carboxylic acids is 1. The average Bonchev–Trinajstić information content (AvgIpc) is 3.03. The zero-order valence-corrected chi connectivity index (χ0v) is 14.5. The first kappa shape index (κ1) is 13.8. The minimum atomic E-state index is 0.150. The summed E-state index contributed by atoms with van der Waals surface area (Å²) >= 11 is 3.47. The fourth-order valence-corrected chi connectivity index (χ4v) is 4.71. The second-order valence-electron chi connectivity index (χ2n) is 6.92. The maximum absolute atomic E-state index is 12.8. The van der Waals surface area contributed by atoms with Crippen LogP contribution in [0, 0.1) is 5.92 Å². The third-order valence-electron chi connectivity index (χ3n) is 5.62. The van der Waals surface area contributed by atoms with Gasteiger partial charge in [0.25, 0.3) is 0 Å². The number of ketones is 1. The average molecular weight is 369 g/mol. The molecule has 0 spiro atoms. The van der Waals surface area contributed by atoms with Crippen LogP contribution in [0.3, 0.4) is 0 Å². The fourth-order valence-electron chi connectivity index (χ4n) is 4.35. The van der Waals surface area contributed by atoms with E-state index in [1.807, 2.05) is 18.2 Å². The van der Waals surface area contributed by atoms with E-state index in [0.29, 0.717) is 6.04 Å². The number of rotatable bonds is 1. The lowest BCUT2D eigenvalue weighted by Crippen LogP contribution is -2.52. The minimum absolute atomic E-state index is 0.150. The monoisotopic (exact) mass is 368 g/mol. The Morgan fingerprint density at radius 3 is 2.43 bits per heavy atom. The molecule has 2 atom stereocenters. The molecular weight excluding hydrogens is 352 g/mol. The summed E-state index contributed by atoms with van der Waals surface area (Å²) in [6.07, 6.45) is 0. The van der Waals surface area contributed by atoms with Crippen LogP contribution in [-0.4, -0.2) is 43.4 Å². The molecule has 4 heteroatoms. The lowest BCUT2D eigenvalue weighted by atomic mass is 9.93. The number of nitrogens with zero attached hydrogens (tertiary/aromatic N) is 2. The Bertz CT molecular complexity index is 847. The summed E-state index contributed by atoms with van der Waals surface area (Å²) in [6, 6.07) is 13.0. The molecule has 2 heterocycles. The summed E-state index contributed by atoms with van der Waals surface area (Å²) in [6.45, 7) is 3.39. The highest BCUT2D eigenvalue weighted by Crippen LogP contribution is 2.41. The number of likely N-dealkylation sites (tertiary alicyclic amines) is 1. The number of benzene rings is 2. The first-order chi connectivity index (χ1) is 11.1. The Labute approximate surface area is 144 Å². The Balaban J connectivity index is 1.53. The van der Waals surface area contributed by atoms with Gasteiger partial charge < -0.3 is 9.80 Å². The number of hydrogen-bond acceptors (Lipinski definition) is 3. The lowest BCUT2D eigenvalue weighted by Gasteiger charge is -2.40. The van der Waals surface area contributed by atoms with Crippen LogP contribution < -0.4 is 4.90 Å². The number of halogens is 1. The molecule has 0 radical (unpaired) electrons. The topological polar surface area (TPSA) is 23.6 Å². The molecule has 116 valence electrons. The molecule has 0 amide bonds. The Morgan fingerprint density at radius 1 is 0.957 bits per heavy atom. The molecule has 23 heavy (non-hydrogen) atoms. The second kappa shape index (κ2) is 4.68. The zero-order valence-electron chi connectivity index (χ0n) is 12.9. The van der Waals surface area contributed by atoms with Crippen LogP contribution in [-0.2, 0) is 0 Å². The van der Waals surface area contributed by atoms with E-state index in [2.05, 4.69) is 51.0 Å². The van der Waals surface area contributed by atoms with Gasteiger partial charge in [0, 0.05) is 52.9 Å². The van der Waals surface area contributed by atoms with Crippen molar-refractivity contribution in [1.82, 2.24) is 4.90 Å². The van der Waals surface area contributed by atoms with Gasteiger partial charge >= 0.3 is 0 Å². The normalized spacial score (nSPS) is 25.1. The minimum Gasteiger partial charge on any atom is -0.370 e. The van der Waals surface area contributed by atoms with Gasteiger partial charge in [-0.15, -0.1) is 0 Å². The van der Waals surface area contributed by atoms with E-state index in [4.69, 9.17) is 0 Å². The molecule has 2 aromatic carbocycles. The molecule has 0 N–H and O–H groups in total. The second-order valence-corrected chi connectivity index (χ2v) is 7.84. The van der Waals surface area contributed by atoms with Crippen LogP contribution >= 0.6 is 15.9 Å². The molecule has 0 aromatic heterocycles. The van der Waals surface area contributed by atoms with E-state index in [0.717, 1.165) is 45.7 Å². The van der Waals surface area contributed by atoms with E-state index >= 15 is 0 Å². The van der Waals surface area contributed by atoms with Crippen molar-refractivity contribution in [2.24, 2.45) is 5.92 Å². The van der Waals surface area contributed by atoms with Gasteiger partial charge in [-0.2, -0.15) is 0 Å². The predicted octanol–water partition coefficient (Wildman–Crippen LogP) is 3.41. The number of fused-ring (bicyclic) bond motifs is 4. The molecule has 0 saturated carbocycles. The Hall–Kier alpha value is -1.65. The quantitative estimate of drug-likeness (QED) is 0.657. The van der Waals surface area contributed by atoms with E-state index in [1.165, 1.54) is 12.2 Å². The standard InChI is InChI=1S/C19H17BrN2O/c1-21-8-11-9-22(10-18(11)21)13-3-5-15-14-4-2-12(20)6-16(14)19(23)17(15)7-13/h2-7,11,18H,8-10H2,1H3/t11-,18-/m0/s1. The van der Waals surface area contributed by atoms with Crippen molar-refractivity contribution < 1.29 is 4.79 Å². The fraction of sp³-hybridized carbons (Fsp3) is 0.316. The molecule has 1 aliphatic carbocycles. The number of likely N-dealkylation sites (N-methyl/N-ethyl adjacent to an activating group) is 1. The SMILES string of the molecule is CN1C[C@H]2CN(c3ccc4c(c3)C(=O)c3cc(Br)ccc3-4)C[C@@H]21. The highest BCUT2D eigenvalue weighted by Gasteiger charge is 2.43. The van der Waals surface area contributed by atoms with Crippen molar-refractivity contribution in [2.75, 3.05) is 31.6 Å². The van der Waals surface area contributed by atoms with Crippen LogP contribution in [0.25, 0.3) is 11.1 Å². The summed E-state index contributed by atoms with van der Waals surface area (Å²) in [4.78, 5) is 17.6. The maximum Gasteiger partial charge on any atom is 0.194 e. The van der Waals surface area contributed by atoms with E-state index < -0.39 is 0 Å². The molecule has 2 saturated heterocycles. The first-order valence-corrected chi connectivity index (χ1v) is 8.85. The van der Waals surface area contributed by atoms with Crippen LogP contribution in [0.15, 0.2) is 40.9 Å². The summed E-state index contributed by atoms with van der Waals surface area (Å²) < 4.78 is 0.955. The zero-order chi connectivity index (χ0) is 15.7. The number of hydrogen-bond donors (Lipinski definition) is 0. The Morgan fingerprint density at radius 2 is 1.70 bits per heavy atom. The van der Waals surface area contributed by atoms with Gasteiger partial charge in [0.15, 0.2) is 5.78 Å². The van der Waals surface area contributed by atoms with Gasteiger partial charge in [-0.3, -0.25) is 4.79 Å². The van der Waals surface area contributed by atoms with Crippen LogP contribution in [0.4, 0.5) is 5.69 Å². The van der Waals surface area contributed by atoms with Crippen molar-refractivity contribution >= 4 is 27.4 Å². The maximum atomic E-state index is 12.8. The van der Waals surface area contributed by atoms with Gasteiger partial charge in [0.2, 0.25) is 0 Å². The third-order valence-corrected chi connectivity index (χ3v) is 6.12. The van der Waals surface area contributed by atoms with Crippen molar-refractivity contribution in [3.05, 3.63) is 52.0 Å². The van der Waals surface area contributed by atoms with E-state index in [1.54, 1.807) is 0 Å². The van der Waals surface area contributed by atoms with Crippen molar-refractivity contribution in [3.8, 4) is 11.1 Å². The highest BCUT2D eigenvalue weighted by molar-refractivity contribution is 9.10. The molecule has 2 fully saturated rings.